The molecule has 0 saturated carbocycles. The van der Waals surface area contributed by atoms with Crippen LogP contribution in [0.1, 0.15) is 10.5 Å². The van der Waals surface area contributed by atoms with Crippen molar-refractivity contribution >= 4 is 22.6 Å². The van der Waals surface area contributed by atoms with Crippen LogP contribution in [-0.2, 0) is 7.05 Å². The molecule has 1 aliphatic rings. The van der Waals surface area contributed by atoms with Gasteiger partial charge in [-0.2, -0.15) is 0 Å². The van der Waals surface area contributed by atoms with Gasteiger partial charge in [-0.25, -0.2) is 4.98 Å². The molecular formula is C20H20N4O2. The van der Waals surface area contributed by atoms with Crippen LogP contribution in [0.15, 0.2) is 59.4 Å². The van der Waals surface area contributed by atoms with Crippen molar-refractivity contribution in [1.29, 1.82) is 0 Å². The fourth-order valence-electron chi connectivity index (χ4n) is 3.31. The zero-order chi connectivity index (χ0) is 18.1. The van der Waals surface area contributed by atoms with E-state index in [9.17, 15) is 9.59 Å². The highest BCUT2D eigenvalue weighted by molar-refractivity contribution is 5.92. The van der Waals surface area contributed by atoms with Crippen LogP contribution >= 0.6 is 0 Å². The number of hydrogen-bond donors (Lipinski definition) is 0. The first-order chi connectivity index (χ1) is 12.6. The molecule has 1 saturated heterocycles. The summed E-state index contributed by atoms with van der Waals surface area (Å²) in [5, 5.41) is 1.12. The monoisotopic (exact) mass is 348 g/mol. The van der Waals surface area contributed by atoms with Gasteiger partial charge in [-0.3, -0.25) is 9.59 Å². The first-order valence-corrected chi connectivity index (χ1v) is 8.69. The summed E-state index contributed by atoms with van der Waals surface area (Å²) in [6.07, 6.45) is 0. The molecule has 1 amide bonds. The largest absolute Gasteiger partial charge is 0.353 e. The Kier molecular flexibility index (Phi) is 4.16. The molecule has 6 heteroatoms. The second-order valence-electron chi connectivity index (χ2n) is 6.45. The summed E-state index contributed by atoms with van der Waals surface area (Å²) in [4.78, 5) is 33.2. The highest BCUT2D eigenvalue weighted by Gasteiger charge is 2.24. The topological polar surface area (TPSA) is 58.4 Å². The number of anilines is 1. The van der Waals surface area contributed by atoms with E-state index in [1.165, 1.54) is 10.6 Å². The van der Waals surface area contributed by atoms with Crippen LogP contribution in [0.4, 0.5) is 5.82 Å². The number of fused-ring (bicyclic) bond motifs is 1. The Morgan fingerprint density at radius 3 is 2.50 bits per heavy atom. The molecule has 0 N–H and O–H groups in total. The summed E-state index contributed by atoms with van der Waals surface area (Å²) in [5.74, 6) is 0.833. The molecule has 1 aromatic carbocycles. The lowest BCUT2D eigenvalue weighted by molar-refractivity contribution is 0.0735. The molecule has 0 spiro atoms. The fourth-order valence-corrected chi connectivity index (χ4v) is 3.31. The number of para-hydroxylation sites is 1. The normalized spacial score (nSPS) is 14.7. The van der Waals surface area contributed by atoms with Gasteiger partial charge >= 0.3 is 0 Å². The van der Waals surface area contributed by atoms with Crippen LogP contribution in [0.5, 0.6) is 0 Å². The van der Waals surface area contributed by atoms with E-state index in [2.05, 4.69) is 11.0 Å². The highest BCUT2D eigenvalue weighted by atomic mass is 16.2. The predicted molar refractivity (Wildman–Crippen MR) is 102 cm³/mol. The SMILES string of the molecule is Cn1c(C(=O)N2CCN(c3ccc4ccccc4n3)CC2)cccc1=O. The standard InChI is InChI=1S/C20H20N4O2/c1-22-17(7-4-8-19(22)25)20(26)24-13-11-23(12-14-24)18-10-9-15-5-2-3-6-16(15)21-18/h2-10H,11-14H2,1H3. The number of amides is 1. The number of carbonyl (C=O) groups is 1. The third-order valence-corrected chi connectivity index (χ3v) is 4.88. The highest BCUT2D eigenvalue weighted by Crippen LogP contribution is 2.19. The maximum absolute atomic E-state index is 12.7. The quantitative estimate of drug-likeness (QED) is 0.710. The van der Waals surface area contributed by atoms with E-state index in [4.69, 9.17) is 4.98 Å². The summed E-state index contributed by atoms with van der Waals surface area (Å²) in [6.45, 7) is 2.66. The zero-order valence-corrected chi connectivity index (χ0v) is 14.6. The lowest BCUT2D eigenvalue weighted by atomic mass is 10.2. The van der Waals surface area contributed by atoms with Crippen LogP contribution in [0.25, 0.3) is 10.9 Å². The first-order valence-electron chi connectivity index (χ1n) is 8.69. The number of benzene rings is 1. The summed E-state index contributed by atoms with van der Waals surface area (Å²) >= 11 is 0. The number of hydrogen-bond acceptors (Lipinski definition) is 4. The van der Waals surface area contributed by atoms with Crippen LogP contribution in [0, 0.1) is 0 Å². The molecule has 1 aliphatic heterocycles. The van der Waals surface area contributed by atoms with Gasteiger partial charge in [0.1, 0.15) is 11.5 Å². The van der Waals surface area contributed by atoms with Crippen LogP contribution in [0.3, 0.4) is 0 Å². The van der Waals surface area contributed by atoms with E-state index in [-0.39, 0.29) is 11.5 Å². The first kappa shape index (κ1) is 16.3. The minimum atomic E-state index is -0.171. The molecule has 0 atom stereocenters. The molecule has 1 fully saturated rings. The maximum atomic E-state index is 12.7. The Labute approximate surface area is 151 Å². The average Bonchev–Trinajstić information content (AvgIpc) is 2.69. The number of rotatable bonds is 2. The van der Waals surface area contributed by atoms with Gasteiger partial charge in [0, 0.05) is 44.7 Å². The van der Waals surface area contributed by atoms with E-state index >= 15 is 0 Å². The minimum Gasteiger partial charge on any atom is -0.353 e. The zero-order valence-electron chi connectivity index (χ0n) is 14.6. The molecule has 0 unspecified atom stereocenters. The van der Waals surface area contributed by atoms with Crippen molar-refractivity contribution in [3.8, 4) is 0 Å². The van der Waals surface area contributed by atoms with E-state index in [1.807, 2.05) is 30.3 Å². The van der Waals surface area contributed by atoms with Gasteiger partial charge in [-0.15, -0.1) is 0 Å². The number of carbonyl (C=O) groups excluding carboxylic acids is 1. The molecule has 26 heavy (non-hydrogen) atoms. The molecule has 4 rings (SSSR count). The average molecular weight is 348 g/mol. The number of nitrogens with zero attached hydrogens (tertiary/aromatic N) is 4. The molecule has 2 aromatic heterocycles. The Bertz CT molecular complexity index is 1020. The molecule has 3 aromatic rings. The third kappa shape index (κ3) is 2.94. The molecular weight excluding hydrogens is 328 g/mol. The van der Waals surface area contributed by atoms with Gasteiger partial charge < -0.3 is 14.4 Å². The van der Waals surface area contributed by atoms with Crippen molar-refractivity contribution in [2.24, 2.45) is 7.05 Å². The van der Waals surface area contributed by atoms with Gasteiger partial charge in [0.2, 0.25) is 0 Å². The van der Waals surface area contributed by atoms with Crippen molar-refractivity contribution in [3.05, 3.63) is 70.6 Å². The summed E-state index contributed by atoms with van der Waals surface area (Å²) in [5.41, 5.74) is 1.23. The van der Waals surface area contributed by atoms with Crippen LogP contribution < -0.4 is 10.5 Å². The van der Waals surface area contributed by atoms with Gasteiger partial charge in [0.05, 0.1) is 5.52 Å². The Balaban J connectivity index is 1.48. The lowest BCUT2D eigenvalue weighted by Gasteiger charge is -2.35. The maximum Gasteiger partial charge on any atom is 0.270 e. The van der Waals surface area contributed by atoms with Gasteiger partial charge in [-0.1, -0.05) is 24.3 Å². The van der Waals surface area contributed by atoms with E-state index in [0.717, 1.165) is 29.8 Å². The molecule has 6 nitrogen and oxygen atoms in total. The number of aromatic nitrogens is 2. The van der Waals surface area contributed by atoms with Gasteiger partial charge in [0.15, 0.2) is 0 Å². The smallest absolute Gasteiger partial charge is 0.270 e. The summed E-state index contributed by atoms with van der Waals surface area (Å²) < 4.78 is 1.40. The fraction of sp³-hybridized carbons (Fsp3) is 0.250. The molecule has 0 aliphatic carbocycles. The summed E-state index contributed by atoms with van der Waals surface area (Å²) in [6, 6.07) is 16.9. The second-order valence-corrected chi connectivity index (χ2v) is 6.45. The number of piperazine rings is 1. The Morgan fingerprint density at radius 1 is 0.923 bits per heavy atom. The van der Waals surface area contributed by atoms with Crippen molar-refractivity contribution < 1.29 is 4.79 Å². The van der Waals surface area contributed by atoms with Crippen molar-refractivity contribution in [2.45, 2.75) is 0 Å². The van der Waals surface area contributed by atoms with E-state index in [0.29, 0.717) is 18.8 Å². The number of pyridine rings is 2. The second kappa shape index (κ2) is 6.63. The van der Waals surface area contributed by atoms with E-state index in [1.54, 1.807) is 24.1 Å². The van der Waals surface area contributed by atoms with Gasteiger partial charge in [-0.05, 0) is 24.3 Å². The Hall–Kier alpha value is -3.15. The summed E-state index contributed by atoms with van der Waals surface area (Å²) in [7, 11) is 1.63. The van der Waals surface area contributed by atoms with E-state index < -0.39 is 0 Å². The molecule has 132 valence electrons. The van der Waals surface area contributed by atoms with Crippen LogP contribution in [0.2, 0.25) is 0 Å². The molecule has 0 bridgehead atoms. The van der Waals surface area contributed by atoms with Crippen molar-refractivity contribution in [3.63, 3.8) is 0 Å². The molecule has 3 heterocycles. The van der Waals surface area contributed by atoms with Crippen molar-refractivity contribution in [1.82, 2.24) is 14.5 Å². The van der Waals surface area contributed by atoms with Crippen LogP contribution in [-0.4, -0.2) is 46.5 Å². The van der Waals surface area contributed by atoms with Gasteiger partial charge in [0.25, 0.3) is 11.5 Å². The predicted octanol–water partition coefficient (Wildman–Crippen LogP) is 1.90. The third-order valence-electron chi connectivity index (χ3n) is 4.88. The molecule has 0 radical (unpaired) electrons. The van der Waals surface area contributed by atoms with Crippen molar-refractivity contribution in [2.75, 3.05) is 31.1 Å². The minimum absolute atomic E-state index is 0.101. The Morgan fingerprint density at radius 2 is 1.69 bits per heavy atom. The lowest BCUT2D eigenvalue weighted by Crippen LogP contribution is -2.49.